The van der Waals surface area contributed by atoms with Crippen molar-refractivity contribution in [2.45, 2.75) is 19.0 Å². The number of anilines is 2. The van der Waals surface area contributed by atoms with Gasteiger partial charge in [-0.05, 0) is 72.9 Å². The van der Waals surface area contributed by atoms with Gasteiger partial charge in [0.1, 0.15) is 6.04 Å². The summed E-state index contributed by atoms with van der Waals surface area (Å²) < 4.78 is 2.13. The Morgan fingerprint density at radius 2 is 1.85 bits per heavy atom. The number of hydrogen-bond acceptors (Lipinski definition) is 4. The Labute approximate surface area is 197 Å². The van der Waals surface area contributed by atoms with Crippen LogP contribution in [0.3, 0.4) is 0 Å². The van der Waals surface area contributed by atoms with Crippen LogP contribution >= 0.6 is 12.2 Å². The van der Waals surface area contributed by atoms with Gasteiger partial charge in [0.2, 0.25) is 5.91 Å². The molecule has 2 atom stereocenters. The summed E-state index contributed by atoms with van der Waals surface area (Å²) in [7, 11) is 0. The quantitative estimate of drug-likeness (QED) is 0.436. The van der Waals surface area contributed by atoms with Gasteiger partial charge in [0, 0.05) is 42.6 Å². The van der Waals surface area contributed by atoms with Gasteiger partial charge in [-0.3, -0.25) is 14.8 Å². The second kappa shape index (κ2) is 8.84. The lowest BCUT2D eigenvalue weighted by molar-refractivity contribution is -0.114. The number of rotatable bonds is 5. The predicted octanol–water partition coefficient (Wildman–Crippen LogP) is 4.40. The van der Waals surface area contributed by atoms with Crippen molar-refractivity contribution >= 4 is 34.6 Å². The molecule has 1 aliphatic rings. The van der Waals surface area contributed by atoms with Crippen LogP contribution in [0.25, 0.3) is 5.69 Å². The predicted molar refractivity (Wildman–Crippen MR) is 132 cm³/mol. The number of aromatic nitrogens is 3. The molecule has 2 N–H and O–H groups in total. The number of hydrogen-bond donors (Lipinski definition) is 2. The van der Waals surface area contributed by atoms with Crippen molar-refractivity contribution in [2.75, 3.05) is 10.2 Å². The van der Waals surface area contributed by atoms with Gasteiger partial charge in [0.05, 0.1) is 23.6 Å². The maximum absolute atomic E-state index is 11.4. The highest BCUT2D eigenvalue weighted by atomic mass is 32.1. The molecule has 0 spiro atoms. The third-order valence-electron chi connectivity index (χ3n) is 5.57. The van der Waals surface area contributed by atoms with E-state index in [4.69, 9.17) is 12.2 Å². The number of thiocarbonyl (C=S) groups is 1. The van der Waals surface area contributed by atoms with Crippen LogP contribution in [0.1, 0.15) is 30.4 Å². The summed E-state index contributed by atoms with van der Waals surface area (Å²) >= 11 is 5.81. The number of carbonyl (C=O) groups is 1. The van der Waals surface area contributed by atoms with Gasteiger partial charge < -0.3 is 20.1 Å². The Balaban J connectivity index is 1.61. The first kappa shape index (κ1) is 20.8. The molecule has 0 unspecified atom stereocenters. The third-order valence-corrected chi connectivity index (χ3v) is 5.89. The van der Waals surface area contributed by atoms with E-state index in [-0.39, 0.29) is 18.0 Å². The smallest absolute Gasteiger partial charge is 0.221 e. The van der Waals surface area contributed by atoms with Crippen LogP contribution in [-0.2, 0) is 4.79 Å². The number of amides is 1. The maximum atomic E-state index is 11.4. The molecule has 8 heteroatoms. The first-order valence-electron chi connectivity index (χ1n) is 10.6. The summed E-state index contributed by atoms with van der Waals surface area (Å²) in [6, 6.07) is 21.3. The molecule has 0 bridgehead atoms. The van der Waals surface area contributed by atoms with Crippen LogP contribution in [0.5, 0.6) is 0 Å². The molecule has 1 aromatic carbocycles. The molecule has 164 valence electrons. The first-order valence-corrected chi connectivity index (χ1v) is 11.0. The zero-order chi connectivity index (χ0) is 22.8. The zero-order valence-corrected chi connectivity index (χ0v) is 18.7. The van der Waals surface area contributed by atoms with Gasteiger partial charge in [-0.15, -0.1) is 0 Å². The molecule has 5 rings (SSSR count). The lowest BCUT2D eigenvalue weighted by atomic mass is 10.0. The average molecular weight is 455 g/mol. The fraction of sp³-hybridized carbons (Fsp3) is 0.120. The average Bonchev–Trinajstić information content (AvgIpc) is 3.45. The Morgan fingerprint density at radius 3 is 2.55 bits per heavy atom. The van der Waals surface area contributed by atoms with Crippen molar-refractivity contribution in [3.63, 3.8) is 0 Å². The molecule has 0 aliphatic carbocycles. The van der Waals surface area contributed by atoms with Gasteiger partial charge >= 0.3 is 0 Å². The molecular formula is C25H22N6OS. The van der Waals surface area contributed by atoms with Gasteiger partial charge in [0.25, 0.3) is 0 Å². The second-order valence-corrected chi connectivity index (χ2v) is 8.13. The summed E-state index contributed by atoms with van der Waals surface area (Å²) in [5, 5.41) is 6.90. The number of carbonyl (C=O) groups excluding carboxylic acids is 1. The van der Waals surface area contributed by atoms with Gasteiger partial charge in [0.15, 0.2) is 5.11 Å². The molecule has 0 radical (unpaired) electrons. The molecular weight excluding hydrogens is 432 g/mol. The van der Waals surface area contributed by atoms with E-state index in [9.17, 15) is 4.79 Å². The first-order chi connectivity index (χ1) is 16.1. The standard InChI is InChI=1S/C25H22N6OS/c1-17(32)28-18-9-11-19(12-10-18)31-24(23(29-25(31)33)21-7-2-3-14-27-21)22-8-5-15-30(22)20-6-4-13-26-16-20/h2-16,23-24H,1H3,(H,28,32)(H,29,33)/t23-,24+/m1/s1. The minimum absolute atomic E-state index is 0.108. The van der Waals surface area contributed by atoms with E-state index in [0.717, 1.165) is 28.5 Å². The van der Waals surface area contributed by atoms with Gasteiger partial charge in [-0.1, -0.05) is 6.07 Å². The third kappa shape index (κ3) is 4.08. The lowest BCUT2D eigenvalue weighted by Crippen LogP contribution is -2.30. The fourth-order valence-electron chi connectivity index (χ4n) is 4.21. The lowest BCUT2D eigenvalue weighted by Gasteiger charge is -2.29. The minimum Gasteiger partial charge on any atom is -0.351 e. The molecule has 1 saturated heterocycles. The van der Waals surface area contributed by atoms with E-state index >= 15 is 0 Å². The van der Waals surface area contributed by atoms with Crippen molar-refractivity contribution in [3.05, 3.63) is 103 Å². The van der Waals surface area contributed by atoms with Crippen molar-refractivity contribution in [1.29, 1.82) is 0 Å². The summed E-state index contributed by atoms with van der Waals surface area (Å²) in [6.07, 6.45) is 7.43. The zero-order valence-electron chi connectivity index (χ0n) is 17.9. The van der Waals surface area contributed by atoms with Crippen molar-refractivity contribution in [1.82, 2.24) is 19.9 Å². The highest BCUT2D eigenvalue weighted by molar-refractivity contribution is 7.80. The molecule has 4 heterocycles. The van der Waals surface area contributed by atoms with Crippen LogP contribution in [0, 0.1) is 0 Å². The Hall–Kier alpha value is -4.04. The van der Waals surface area contributed by atoms with Crippen LogP contribution in [-0.4, -0.2) is 25.6 Å². The van der Waals surface area contributed by atoms with Crippen LogP contribution in [0.15, 0.2) is 91.5 Å². The van der Waals surface area contributed by atoms with Crippen LogP contribution in [0.4, 0.5) is 11.4 Å². The molecule has 33 heavy (non-hydrogen) atoms. The number of nitrogens with one attached hydrogen (secondary N) is 2. The van der Waals surface area contributed by atoms with E-state index in [1.807, 2.05) is 73.1 Å². The van der Waals surface area contributed by atoms with E-state index in [0.29, 0.717) is 5.11 Å². The second-order valence-electron chi connectivity index (χ2n) is 7.74. The molecule has 1 fully saturated rings. The molecule has 1 amide bonds. The Morgan fingerprint density at radius 1 is 1.00 bits per heavy atom. The van der Waals surface area contributed by atoms with Crippen LogP contribution in [0.2, 0.25) is 0 Å². The fourth-order valence-corrected chi connectivity index (χ4v) is 4.55. The molecule has 3 aromatic heterocycles. The van der Waals surface area contributed by atoms with E-state index in [2.05, 4.69) is 36.1 Å². The summed E-state index contributed by atoms with van der Waals surface area (Å²) in [4.78, 5) is 22.4. The van der Waals surface area contributed by atoms with Crippen molar-refractivity contribution < 1.29 is 4.79 Å². The van der Waals surface area contributed by atoms with E-state index < -0.39 is 0 Å². The highest BCUT2D eigenvalue weighted by Crippen LogP contribution is 2.42. The Bertz CT molecular complexity index is 1270. The monoisotopic (exact) mass is 454 g/mol. The van der Waals surface area contributed by atoms with Gasteiger partial charge in [-0.25, -0.2) is 0 Å². The van der Waals surface area contributed by atoms with E-state index in [1.165, 1.54) is 6.92 Å². The summed E-state index contributed by atoms with van der Waals surface area (Å²) in [6.45, 7) is 1.49. The molecule has 1 aliphatic heterocycles. The maximum Gasteiger partial charge on any atom is 0.221 e. The Kier molecular flexibility index (Phi) is 5.58. The summed E-state index contributed by atoms with van der Waals surface area (Å²) in [5.74, 6) is -0.108. The molecule has 7 nitrogen and oxygen atoms in total. The summed E-state index contributed by atoms with van der Waals surface area (Å²) in [5.41, 5.74) is 4.58. The molecule has 0 saturated carbocycles. The number of benzene rings is 1. The molecule has 4 aromatic rings. The van der Waals surface area contributed by atoms with E-state index in [1.54, 1.807) is 12.4 Å². The van der Waals surface area contributed by atoms with Crippen LogP contribution < -0.4 is 15.5 Å². The SMILES string of the molecule is CC(=O)Nc1ccc(N2C(=S)N[C@H](c3ccccn3)[C@@H]2c2cccn2-c2cccnc2)cc1. The van der Waals surface area contributed by atoms with Crippen molar-refractivity contribution in [2.24, 2.45) is 0 Å². The topological polar surface area (TPSA) is 75.1 Å². The van der Waals surface area contributed by atoms with Gasteiger partial charge in [-0.2, -0.15) is 0 Å². The number of pyridine rings is 2. The highest BCUT2D eigenvalue weighted by Gasteiger charge is 2.42. The minimum atomic E-state index is -0.158. The normalized spacial score (nSPS) is 17.6. The van der Waals surface area contributed by atoms with Crippen molar-refractivity contribution in [3.8, 4) is 5.69 Å². The largest absolute Gasteiger partial charge is 0.351 e. The number of nitrogens with zero attached hydrogens (tertiary/aromatic N) is 4.